The Kier molecular flexibility index (Phi) is 6.10. The molecule has 0 atom stereocenters. The highest BCUT2D eigenvalue weighted by Crippen LogP contribution is 2.23. The van der Waals surface area contributed by atoms with Crippen molar-refractivity contribution in [2.45, 2.75) is 31.5 Å². The van der Waals surface area contributed by atoms with Crippen LogP contribution in [-0.4, -0.2) is 28.2 Å². The second-order valence-electron chi connectivity index (χ2n) is 6.96. The second kappa shape index (κ2) is 9.09. The van der Waals surface area contributed by atoms with Gasteiger partial charge in [-0.2, -0.15) is 0 Å². The third-order valence-corrected chi connectivity index (χ3v) is 5.81. The van der Waals surface area contributed by atoms with E-state index in [1.807, 2.05) is 24.4 Å². The van der Waals surface area contributed by atoms with Crippen LogP contribution < -0.4 is 10.2 Å². The van der Waals surface area contributed by atoms with E-state index in [-0.39, 0.29) is 5.91 Å². The number of anilines is 1. The largest absolute Gasteiger partial charge is 0.352 e. The van der Waals surface area contributed by atoms with Gasteiger partial charge in [0.2, 0.25) is 0 Å². The maximum atomic E-state index is 12.4. The van der Waals surface area contributed by atoms with Gasteiger partial charge in [-0.3, -0.25) is 4.79 Å². The Balaban J connectivity index is 1.35. The zero-order valence-electron chi connectivity index (χ0n) is 16.5. The number of hydrogen-bond acceptors (Lipinski definition) is 5. The molecule has 0 saturated heterocycles. The number of amides is 1. The lowest BCUT2D eigenvalue weighted by atomic mass is 10.00. The number of pyridine rings is 2. The van der Waals surface area contributed by atoms with Crippen LogP contribution in [0, 0.1) is 0 Å². The molecule has 0 bridgehead atoms. The number of rotatable bonds is 6. The first-order valence-electron chi connectivity index (χ1n) is 9.86. The number of thioether (sulfide) groups is 1. The van der Waals surface area contributed by atoms with E-state index in [0.29, 0.717) is 12.1 Å². The van der Waals surface area contributed by atoms with E-state index in [1.54, 1.807) is 24.0 Å². The van der Waals surface area contributed by atoms with Crippen molar-refractivity contribution >= 4 is 23.5 Å². The number of benzene rings is 1. The molecule has 1 N–H and O–H groups in total. The Bertz CT molecular complexity index is 990. The summed E-state index contributed by atoms with van der Waals surface area (Å²) in [5, 5.41) is 3.84. The SMILES string of the molecule is CCSc1cc(C(=O)NCc2ccc(N3CCc4ccccc4C3)nc2)ccn1. The maximum Gasteiger partial charge on any atom is 0.251 e. The Labute approximate surface area is 175 Å². The zero-order valence-corrected chi connectivity index (χ0v) is 17.3. The van der Waals surface area contributed by atoms with Gasteiger partial charge in [0.15, 0.2) is 0 Å². The number of carbonyl (C=O) groups excluding carboxylic acids is 1. The fourth-order valence-electron chi connectivity index (χ4n) is 3.46. The number of carbonyl (C=O) groups is 1. The molecule has 6 heteroatoms. The van der Waals surface area contributed by atoms with Crippen molar-refractivity contribution in [1.29, 1.82) is 0 Å². The number of nitrogens with one attached hydrogen (secondary N) is 1. The first kappa shape index (κ1) is 19.5. The fraction of sp³-hybridized carbons (Fsp3) is 0.261. The van der Waals surface area contributed by atoms with E-state index in [2.05, 4.69) is 51.4 Å². The molecule has 0 aliphatic carbocycles. The van der Waals surface area contributed by atoms with Crippen LogP contribution in [0.3, 0.4) is 0 Å². The lowest BCUT2D eigenvalue weighted by molar-refractivity contribution is 0.0950. The summed E-state index contributed by atoms with van der Waals surface area (Å²) in [5.41, 5.74) is 4.42. The molecule has 0 radical (unpaired) electrons. The fourth-order valence-corrected chi connectivity index (χ4v) is 4.10. The first-order chi connectivity index (χ1) is 14.2. The van der Waals surface area contributed by atoms with Gasteiger partial charge in [-0.25, -0.2) is 9.97 Å². The van der Waals surface area contributed by atoms with Gasteiger partial charge in [0.05, 0.1) is 5.03 Å². The summed E-state index contributed by atoms with van der Waals surface area (Å²) >= 11 is 1.63. The van der Waals surface area contributed by atoms with Crippen molar-refractivity contribution in [3.63, 3.8) is 0 Å². The third-order valence-electron chi connectivity index (χ3n) is 5.01. The summed E-state index contributed by atoms with van der Waals surface area (Å²) in [6.45, 7) is 4.38. The molecule has 3 aromatic rings. The average Bonchev–Trinajstić information content (AvgIpc) is 2.78. The zero-order chi connectivity index (χ0) is 20.1. The Hall–Kier alpha value is -2.86. The minimum atomic E-state index is -0.0953. The van der Waals surface area contributed by atoms with E-state index >= 15 is 0 Å². The molecule has 0 fully saturated rings. The molecule has 1 amide bonds. The van der Waals surface area contributed by atoms with Crippen molar-refractivity contribution in [3.05, 3.63) is 83.2 Å². The van der Waals surface area contributed by atoms with Crippen LogP contribution in [0.1, 0.15) is 34.0 Å². The van der Waals surface area contributed by atoms with Gasteiger partial charge in [0.25, 0.3) is 5.91 Å². The lowest BCUT2D eigenvalue weighted by Crippen LogP contribution is -2.31. The standard InChI is InChI=1S/C23H24N4OS/c1-2-29-22-13-19(9-11-24-22)23(28)26-15-17-7-8-21(25-14-17)27-12-10-18-5-3-4-6-20(18)16-27/h3-9,11,13-14H,2,10,12,15-16H2,1H3,(H,26,28). The van der Waals surface area contributed by atoms with E-state index in [9.17, 15) is 4.79 Å². The normalized spacial score (nSPS) is 13.1. The van der Waals surface area contributed by atoms with Crippen molar-refractivity contribution in [2.24, 2.45) is 0 Å². The van der Waals surface area contributed by atoms with Crippen LogP contribution in [0.2, 0.25) is 0 Å². The van der Waals surface area contributed by atoms with Gasteiger partial charge in [-0.05, 0) is 47.1 Å². The molecule has 1 aliphatic rings. The summed E-state index contributed by atoms with van der Waals surface area (Å²) in [6.07, 6.45) is 4.57. The van der Waals surface area contributed by atoms with Gasteiger partial charge in [0, 0.05) is 37.6 Å². The highest BCUT2D eigenvalue weighted by atomic mass is 32.2. The summed E-state index contributed by atoms with van der Waals surface area (Å²) in [6, 6.07) is 16.2. The number of fused-ring (bicyclic) bond motifs is 1. The average molecular weight is 405 g/mol. The Morgan fingerprint density at radius 3 is 2.79 bits per heavy atom. The number of nitrogens with zero attached hydrogens (tertiary/aromatic N) is 3. The molecule has 1 aromatic carbocycles. The molecular formula is C23H24N4OS. The molecule has 3 heterocycles. The molecule has 1 aliphatic heterocycles. The summed E-state index contributed by atoms with van der Waals surface area (Å²) in [5.74, 6) is 1.81. The Morgan fingerprint density at radius 1 is 1.14 bits per heavy atom. The summed E-state index contributed by atoms with van der Waals surface area (Å²) in [7, 11) is 0. The van der Waals surface area contributed by atoms with Crippen molar-refractivity contribution in [2.75, 3.05) is 17.2 Å². The quantitative estimate of drug-likeness (QED) is 0.628. The minimum Gasteiger partial charge on any atom is -0.352 e. The van der Waals surface area contributed by atoms with E-state index in [4.69, 9.17) is 0 Å². The van der Waals surface area contributed by atoms with E-state index in [0.717, 1.165) is 41.7 Å². The number of aromatic nitrogens is 2. The van der Waals surface area contributed by atoms with Crippen LogP contribution in [0.15, 0.2) is 66.0 Å². The van der Waals surface area contributed by atoms with Crippen LogP contribution >= 0.6 is 11.8 Å². The highest BCUT2D eigenvalue weighted by Gasteiger charge is 2.16. The van der Waals surface area contributed by atoms with Crippen LogP contribution in [0.4, 0.5) is 5.82 Å². The molecule has 29 heavy (non-hydrogen) atoms. The van der Waals surface area contributed by atoms with Crippen molar-refractivity contribution in [3.8, 4) is 0 Å². The predicted molar refractivity (Wildman–Crippen MR) is 117 cm³/mol. The van der Waals surface area contributed by atoms with E-state index in [1.165, 1.54) is 11.1 Å². The molecule has 0 saturated carbocycles. The summed E-state index contributed by atoms with van der Waals surface area (Å²) < 4.78 is 0. The molecule has 2 aromatic heterocycles. The van der Waals surface area contributed by atoms with Gasteiger partial charge in [-0.1, -0.05) is 37.3 Å². The van der Waals surface area contributed by atoms with Crippen LogP contribution in [0.5, 0.6) is 0 Å². The molecule has 5 nitrogen and oxygen atoms in total. The Morgan fingerprint density at radius 2 is 2.00 bits per heavy atom. The predicted octanol–water partition coefficient (Wildman–Crippen LogP) is 4.08. The first-order valence-corrected chi connectivity index (χ1v) is 10.8. The van der Waals surface area contributed by atoms with Crippen LogP contribution in [-0.2, 0) is 19.5 Å². The highest BCUT2D eigenvalue weighted by molar-refractivity contribution is 7.99. The molecule has 0 spiro atoms. The van der Waals surface area contributed by atoms with Gasteiger partial charge < -0.3 is 10.2 Å². The third kappa shape index (κ3) is 4.77. The monoisotopic (exact) mass is 404 g/mol. The van der Waals surface area contributed by atoms with Gasteiger partial charge in [0.1, 0.15) is 5.82 Å². The number of hydrogen-bond donors (Lipinski definition) is 1. The van der Waals surface area contributed by atoms with Crippen LogP contribution in [0.25, 0.3) is 0 Å². The smallest absolute Gasteiger partial charge is 0.251 e. The summed E-state index contributed by atoms with van der Waals surface area (Å²) in [4.78, 5) is 23.6. The van der Waals surface area contributed by atoms with E-state index < -0.39 is 0 Å². The van der Waals surface area contributed by atoms with Gasteiger partial charge in [-0.15, -0.1) is 11.8 Å². The topological polar surface area (TPSA) is 58.1 Å². The molecule has 0 unspecified atom stereocenters. The lowest BCUT2D eigenvalue weighted by Gasteiger charge is -2.29. The second-order valence-corrected chi connectivity index (χ2v) is 8.25. The minimum absolute atomic E-state index is 0.0953. The maximum absolute atomic E-state index is 12.4. The molecule has 148 valence electrons. The van der Waals surface area contributed by atoms with Gasteiger partial charge >= 0.3 is 0 Å². The van der Waals surface area contributed by atoms with Crippen molar-refractivity contribution in [1.82, 2.24) is 15.3 Å². The molecule has 4 rings (SSSR count). The van der Waals surface area contributed by atoms with Crippen molar-refractivity contribution < 1.29 is 4.79 Å². The molecular weight excluding hydrogens is 380 g/mol.